The number of rotatable bonds is 4. The Kier molecular flexibility index (Phi) is 3.13. The van der Waals surface area contributed by atoms with Crippen LogP contribution in [0.25, 0.3) is 0 Å². The van der Waals surface area contributed by atoms with Crippen LogP contribution in [0.2, 0.25) is 0 Å². The minimum absolute atomic E-state index is 0.516. The molecular formula is C17H27N3. The largest absolute Gasteiger partial charge is 0.309 e. The summed E-state index contributed by atoms with van der Waals surface area (Å²) < 4.78 is 2.08. The van der Waals surface area contributed by atoms with E-state index >= 15 is 0 Å². The molecule has 3 heteroatoms. The highest BCUT2D eigenvalue weighted by Gasteiger charge is 2.50. The predicted octanol–water partition coefficient (Wildman–Crippen LogP) is 3.14. The quantitative estimate of drug-likeness (QED) is 0.913. The lowest BCUT2D eigenvalue weighted by atomic mass is 9.50. The summed E-state index contributed by atoms with van der Waals surface area (Å²) in [4.78, 5) is 0. The highest BCUT2D eigenvalue weighted by Crippen LogP contribution is 2.59. The van der Waals surface area contributed by atoms with Crippen LogP contribution in [0, 0.1) is 29.6 Å². The van der Waals surface area contributed by atoms with Crippen molar-refractivity contribution in [3.05, 3.63) is 18.0 Å². The molecule has 1 aromatic heterocycles. The molecule has 20 heavy (non-hydrogen) atoms. The molecule has 1 aromatic rings. The molecule has 0 spiro atoms. The molecule has 1 unspecified atom stereocenters. The molecule has 110 valence electrons. The smallest absolute Gasteiger partial charge is 0.0553 e. The van der Waals surface area contributed by atoms with Crippen LogP contribution in [0.3, 0.4) is 0 Å². The molecule has 3 nitrogen and oxygen atoms in total. The highest BCUT2D eigenvalue weighted by molar-refractivity contribution is 5.13. The van der Waals surface area contributed by atoms with E-state index < -0.39 is 0 Å². The normalized spacial score (nSPS) is 40.2. The van der Waals surface area contributed by atoms with E-state index in [4.69, 9.17) is 0 Å². The summed E-state index contributed by atoms with van der Waals surface area (Å²) in [5, 5.41) is 8.20. The van der Waals surface area contributed by atoms with Crippen LogP contribution in [0.15, 0.2) is 12.3 Å². The predicted molar refractivity (Wildman–Crippen MR) is 80.2 cm³/mol. The van der Waals surface area contributed by atoms with Crippen molar-refractivity contribution in [2.75, 3.05) is 6.54 Å². The number of aryl methyl sites for hydroxylation is 1. The summed E-state index contributed by atoms with van der Waals surface area (Å²) in [7, 11) is 2.09. The maximum atomic E-state index is 4.41. The Hall–Kier alpha value is -0.830. The van der Waals surface area contributed by atoms with Gasteiger partial charge < -0.3 is 5.32 Å². The molecule has 1 heterocycles. The van der Waals surface area contributed by atoms with E-state index in [1.54, 1.807) is 0 Å². The molecule has 1 N–H and O–H groups in total. The van der Waals surface area contributed by atoms with Gasteiger partial charge in [0, 0.05) is 13.2 Å². The average molecular weight is 273 g/mol. The van der Waals surface area contributed by atoms with Crippen molar-refractivity contribution >= 4 is 0 Å². The SMILES string of the molecule is CCNC(c1ccnn1C)C1C2CC3CC(C2)CC1C3. The summed E-state index contributed by atoms with van der Waals surface area (Å²) in [6, 6.07) is 2.74. The van der Waals surface area contributed by atoms with Crippen molar-refractivity contribution < 1.29 is 0 Å². The molecular weight excluding hydrogens is 246 g/mol. The molecule has 1 atom stereocenters. The van der Waals surface area contributed by atoms with E-state index in [2.05, 4.69) is 35.1 Å². The molecule has 4 saturated carbocycles. The number of nitrogens with one attached hydrogen (secondary N) is 1. The first-order valence-electron chi connectivity index (χ1n) is 8.47. The summed E-state index contributed by atoms with van der Waals surface area (Å²) in [5.41, 5.74) is 1.39. The fourth-order valence-corrected chi connectivity index (χ4v) is 5.86. The first kappa shape index (κ1) is 12.9. The first-order chi connectivity index (χ1) is 9.76. The molecule has 0 radical (unpaired) electrons. The lowest BCUT2D eigenvalue weighted by Gasteiger charge is -2.56. The minimum Gasteiger partial charge on any atom is -0.309 e. The van der Waals surface area contributed by atoms with Gasteiger partial charge in [-0.1, -0.05) is 6.92 Å². The zero-order valence-corrected chi connectivity index (χ0v) is 12.8. The Morgan fingerprint density at radius 3 is 2.35 bits per heavy atom. The Bertz CT molecular complexity index is 450. The summed E-state index contributed by atoms with van der Waals surface area (Å²) >= 11 is 0. The van der Waals surface area contributed by atoms with E-state index in [-0.39, 0.29) is 0 Å². The van der Waals surface area contributed by atoms with Gasteiger partial charge in [0.15, 0.2) is 0 Å². The second kappa shape index (κ2) is 4.87. The highest BCUT2D eigenvalue weighted by atomic mass is 15.3. The second-order valence-corrected chi connectivity index (χ2v) is 7.42. The van der Waals surface area contributed by atoms with Crippen LogP contribution in [0.4, 0.5) is 0 Å². The third kappa shape index (κ3) is 1.93. The summed E-state index contributed by atoms with van der Waals surface area (Å²) in [6.07, 6.45) is 9.48. The van der Waals surface area contributed by atoms with Gasteiger partial charge in [0.1, 0.15) is 0 Å². The zero-order chi connectivity index (χ0) is 13.7. The standard InChI is InChI=1S/C17H27N3/c1-3-18-17(15-4-5-19-20(15)2)16-13-7-11-6-12(9-13)10-14(16)8-11/h4-5,11-14,16-18H,3,6-10H2,1-2H3. The van der Waals surface area contributed by atoms with Crippen LogP contribution in [-0.4, -0.2) is 16.3 Å². The van der Waals surface area contributed by atoms with Gasteiger partial charge in [0.05, 0.1) is 11.7 Å². The van der Waals surface area contributed by atoms with Crippen molar-refractivity contribution in [2.45, 2.75) is 45.1 Å². The molecule has 0 aromatic carbocycles. The van der Waals surface area contributed by atoms with Crippen LogP contribution in [0.5, 0.6) is 0 Å². The minimum atomic E-state index is 0.516. The molecule has 0 amide bonds. The fourth-order valence-electron chi connectivity index (χ4n) is 5.86. The van der Waals surface area contributed by atoms with Crippen molar-refractivity contribution in [3.63, 3.8) is 0 Å². The zero-order valence-electron chi connectivity index (χ0n) is 12.8. The van der Waals surface area contributed by atoms with E-state index in [0.717, 1.165) is 36.1 Å². The van der Waals surface area contributed by atoms with Gasteiger partial charge in [-0.25, -0.2) is 0 Å². The number of hydrogen-bond acceptors (Lipinski definition) is 2. The Balaban J connectivity index is 1.65. The van der Waals surface area contributed by atoms with Crippen molar-refractivity contribution in [2.24, 2.45) is 36.6 Å². The number of aromatic nitrogens is 2. The summed E-state index contributed by atoms with van der Waals surface area (Å²) in [5.74, 6) is 4.89. The second-order valence-electron chi connectivity index (χ2n) is 7.42. The van der Waals surface area contributed by atoms with E-state index in [0.29, 0.717) is 6.04 Å². The molecule has 4 aliphatic rings. The third-order valence-electron chi connectivity index (χ3n) is 6.29. The Labute approximate surface area is 122 Å². The van der Waals surface area contributed by atoms with Gasteiger partial charge in [-0.3, -0.25) is 4.68 Å². The van der Waals surface area contributed by atoms with Crippen molar-refractivity contribution in [1.82, 2.24) is 15.1 Å². The lowest BCUT2D eigenvalue weighted by Crippen LogP contribution is -2.50. The topological polar surface area (TPSA) is 29.9 Å². The van der Waals surface area contributed by atoms with Crippen LogP contribution >= 0.6 is 0 Å². The third-order valence-corrected chi connectivity index (χ3v) is 6.29. The van der Waals surface area contributed by atoms with Gasteiger partial charge in [-0.15, -0.1) is 0 Å². The Morgan fingerprint density at radius 2 is 1.85 bits per heavy atom. The maximum absolute atomic E-state index is 4.41. The van der Waals surface area contributed by atoms with Gasteiger partial charge >= 0.3 is 0 Å². The van der Waals surface area contributed by atoms with Crippen molar-refractivity contribution in [3.8, 4) is 0 Å². The van der Waals surface area contributed by atoms with Crippen LogP contribution in [0.1, 0.15) is 50.8 Å². The molecule has 4 aliphatic carbocycles. The molecule has 5 rings (SSSR count). The van der Waals surface area contributed by atoms with Gasteiger partial charge in [-0.05, 0) is 74.3 Å². The monoisotopic (exact) mass is 273 g/mol. The van der Waals surface area contributed by atoms with Gasteiger partial charge in [0.25, 0.3) is 0 Å². The van der Waals surface area contributed by atoms with E-state index in [1.165, 1.54) is 37.8 Å². The number of hydrogen-bond donors (Lipinski definition) is 1. The molecule has 0 saturated heterocycles. The van der Waals surface area contributed by atoms with Gasteiger partial charge in [-0.2, -0.15) is 5.10 Å². The first-order valence-corrected chi connectivity index (χ1v) is 8.47. The van der Waals surface area contributed by atoms with E-state index in [9.17, 15) is 0 Å². The van der Waals surface area contributed by atoms with E-state index in [1.807, 2.05) is 6.20 Å². The van der Waals surface area contributed by atoms with Crippen LogP contribution < -0.4 is 5.32 Å². The molecule has 4 bridgehead atoms. The number of nitrogens with zero attached hydrogens (tertiary/aromatic N) is 2. The van der Waals surface area contributed by atoms with Gasteiger partial charge in [0.2, 0.25) is 0 Å². The Morgan fingerprint density at radius 1 is 1.20 bits per heavy atom. The molecule has 0 aliphatic heterocycles. The average Bonchev–Trinajstić information content (AvgIpc) is 2.82. The van der Waals surface area contributed by atoms with Crippen molar-refractivity contribution in [1.29, 1.82) is 0 Å². The molecule has 4 fully saturated rings. The fraction of sp³-hybridized carbons (Fsp3) is 0.824. The maximum Gasteiger partial charge on any atom is 0.0553 e. The van der Waals surface area contributed by atoms with Crippen LogP contribution in [-0.2, 0) is 7.05 Å². The summed E-state index contributed by atoms with van der Waals surface area (Å²) in [6.45, 7) is 3.29. The lowest BCUT2D eigenvalue weighted by molar-refractivity contribution is -0.0533.